The van der Waals surface area contributed by atoms with Gasteiger partial charge in [-0.2, -0.15) is 10.2 Å². The van der Waals surface area contributed by atoms with Gasteiger partial charge in [0.25, 0.3) is 0 Å². The van der Waals surface area contributed by atoms with Crippen molar-refractivity contribution in [2.75, 3.05) is 24.1 Å². The third-order valence-electron chi connectivity index (χ3n) is 5.51. The number of nitrogens with zero attached hydrogens (tertiary/aromatic N) is 4. The first kappa shape index (κ1) is 21.4. The first-order valence-electron chi connectivity index (χ1n) is 10.6. The fraction of sp³-hybridized carbons (Fsp3) is 0.185. The fourth-order valence-electron chi connectivity index (χ4n) is 3.72. The van der Waals surface area contributed by atoms with Crippen molar-refractivity contribution in [2.45, 2.75) is 20.8 Å². The molecular weight excluding hydrogens is 396 g/mol. The Labute approximate surface area is 189 Å². The van der Waals surface area contributed by atoms with Crippen LogP contribution in [-0.4, -0.2) is 26.0 Å². The minimum atomic E-state index is 0.756. The smallest absolute Gasteiger partial charge is 0.151 e. The lowest BCUT2D eigenvalue weighted by Gasteiger charge is -2.16. The predicted molar refractivity (Wildman–Crippen MR) is 135 cm³/mol. The second-order valence-corrected chi connectivity index (χ2v) is 7.96. The Morgan fingerprint density at radius 1 is 0.812 bits per heavy atom. The molecule has 0 unspecified atom stereocenters. The van der Waals surface area contributed by atoms with Crippen LogP contribution in [0.2, 0.25) is 0 Å². The summed E-state index contributed by atoms with van der Waals surface area (Å²) in [7, 11) is 3.91. The van der Waals surface area contributed by atoms with Crippen LogP contribution in [0.5, 0.6) is 0 Å². The minimum absolute atomic E-state index is 0.756. The van der Waals surface area contributed by atoms with Crippen LogP contribution < -0.4 is 10.0 Å². The zero-order valence-corrected chi connectivity index (χ0v) is 19.2. The van der Waals surface area contributed by atoms with Crippen LogP contribution >= 0.6 is 0 Å². The van der Waals surface area contributed by atoms with Gasteiger partial charge in [-0.05, 0) is 73.9 Å². The molecule has 0 aliphatic rings. The van der Waals surface area contributed by atoms with E-state index >= 15 is 0 Å². The molecule has 5 heteroatoms. The third-order valence-corrected chi connectivity index (χ3v) is 5.51. The molecule has 0 amide bonds. The van der Waals surface area contributed by atoms with Gasteiger partial charge in [0, 0.05) is 19.5 Å². The van der Waals surface area contributed by atoms with Crippen molar-refractivity contribution in [2.24, 2.45) is 10.2 Å². The molecule has 1 heterocycles. The van der Waals surface area contributed by atoms with Crippen LogP contribution in [0.3, 0.4) is 0 Å². The summed E-state index contributed by atoms with van der Waals surface area (Å²) in [4.78, 5) is 0. The van der Waals surface area contributed by atoms with Crippen molar-refractivity contribution in [3.8, 4) is 0 Å². The molecule has 0 atom stereocenters. The summed E-state index contributed by atoms with van der Waals surface area (Å²) in [5.41, 5.74) is 7.18. The van der Waals surface area contributed by atoms with Gasteiger partial charge in [-0.25, -0.2) is 0 Å². The highest BCUT2D eigenvalue weighted by Crippen LogP contribution is 2.23. The van der Waals surface area contributed by atoms with Gasteiger partial charge in [0.05, 0.1) is 17.6 Å². The van der Waals surface area contributed by atoms with E-state index in [1.165, 1.54) is 11.1 Å². The number of fused-ring (bicyclic) bond motifs is 1. The number of hydrogen-bond donors (Lipinski definition) is 0. The van der Waals surface area contributed by atoms with Crippen molar-refractivity contribution < 1.29 is 4.42 Å². The van der Waals surface area contributed by atoms with E-state index in [1.807, 2.05) is 79.7 Å². The molecule has 0 spiro atoms. The largest absolute Gasteiger partial charge is 0.455 e. The second kappa shape index (κ2) is 9.10. The Morgan fingerprint density at radius 2 is 1.44 bits per heavy atom. The van der Waals surface area contributed by atoms with E-state index in [9.17, 15) is 0 Å². The number of anilines is 2. The first-order chi connectivity index (χ1) is 15.4. The fourth-order valence-corrected chi connectivity index (χ4v) is 3.72. The van der Waals surface area contributed by atoms with Crippen LogP contribution in [0.4, 0.5) is 11.4 Å². The number of rotatable bonds is 6. The van der Waals surface area contributed by atoms with E-state index in [0.717, 1.165) is 39.4 Å². The average molecular weight is 425 g/mol. The Balaban J connectivity index is 1.55. The van der Waals surface area contributed by atoms with E-state index < -0.39 is 0 Å². The Bertz CT molecular complexity index is 1300. The van der Waals surface area contributed by atoms with Gasteiger partial charge in [-0.15, -0.1) is 0 Å². The molecule has 0 radical (unpaired) electrons. The summed E-state index contributed by atoms with van der Waals surface area (Å²) >= 11 is 0. The lowest BCUT2D eigenvalue weighted by Crippen LogP contribution is -2.13. The molecule has 0 N–H and O–H groups in total. The van der Waals surface area contributed by atoms with E-state index in [4.69, 9.17) is 9.52 Å². The number of hydrogen-bond acceptors (Lipinski definition) is 5. The highest BCUT2D eigenvalue weighted by Gasteiger charge is 2.10. The SMILES string of the molecule is CC(=NN(C)c1ccccc1C)c1cc2cc(C=NN(C)c3ccccc3C)ccc2o1. The van der Waals surface area contributed by atoms with Crippen LogP contribution in [0.25, 0.3) is 11.0 Å². The summed E-state index contributed by atoms with van der Waals surface area (Å²) in [5, 5.41) is 14.1. The summed E-state index contributed by atoms with van der Waals surface area (Å²) < 4.78 is 6.05. The average Bonchev–Trinajstić information content (AvgIpc) is 3.21. The zero-order chi connectivity index (χ0) is 22.7. The number of aryl methyl sites for hydroxylation is 2. The van der Waals surface area contributed by atoms with Crippen molar-refractivity contribution in [1.82, 2.24) is 0 Å². The molecule has 0 saturated carbocycles. The van der Waals surface area contributed by atoms with Gasteiger partial charge in [-0.3, -0.25) is 10.0 Å². The van der Waals surface area contributed by atoms with Gasteiger partial charge in [-0.1, -0.05) is 36.4 Å². The van der Waals surface area contributed by atoms with Crippen LogP contribution in [0.1, 0.15) is 29.4 Å². The van der Waals surface area contributed by atoms with Crippen LogP contribution in [0, 0.1) is 13.8 Å². The van der Waals surface area contributed by atoms with E-state index in [1.54, 1.807) is 0 Å². The molecule has 0 aliphatic carbocycles. The zero-order valence-electron chi connectivity index (χ0n) is 19.2. The Morgan fingerprint density at radius 3 is 2.09 bits per heavy atom. The van der Waals surface area contributed by atoms with Gasteiger partial charge in [0.2, 0.25) is 0 Å². The van der Waals surface area contributed by atoms with Crippen LogP contribution in [0.15, 0.2) is 87.4 Å². The van der Waals surface area contributed by atoms with Crippen molar-refractivity contribution in [3.63, 3.8) is 0 Å². The molecule has 0 aliphatic heterocycles. The maximum absolute atomic E-state index is 6.05. The number of para-hydroxylation sites is 2. The maximum Gasteiger partial charge on any atom is 0.151 e. The van der Waals surface area contributed by atoms with E-state index in [2.05, 4.69) is 49.3 Å². The Hall–Kier alpha value is -3.86. The van der Waals surface area contributed by atoms with E-state index in [-0.39, 0.29) is 0 Å². The summed E-state index contributed by atoms with van der Waals surface area (Å²) in [6.45, 7) is 6.13. The molecule has 0 fully saturated rings. The van der Waals surface area contributed by atoms with Gasteiger partial charge < -0.3 is 4.42 Å². The van der Waals surface area contributed by atoms with Gasteiger partial charge >= 0.3 is 0 Å². The summed E-state index contributed by atoms with van der Waals surface area (Å²) in [6.07, 6.45) is 1.87. The van der Waals surface area contributed by atoms with Gasteiger partial charge in [0.1, 0.15) is 11.3 Å². The third kappa shape index (κ3) is 4.57. The summed E-state index contributed by atoms with van der Waals surface area (Å²) in [6, 6.07) is 24.5. The molecule has 4 aromatic rings. The lowest BCUT2D eigenvalue weighted by atomic mass is 10.1. The molecule has 5 nitrogen and oxygen atoms in total. The molecule has 32 heavy (non-hydrogen) atoms. The molecular formula is C27H28N4O. The van der Waals surface area contributed by atoms with Crippen molar-refractivity contribution in [1.29, 1.82) is 0 Å². The maximum atomic E-state index is 6.05. The second-order valence-electron chi connectivity index (χ2n) is 7.96. The number of furan rings is 1. The van der Waals surface area contributed by atoms with E-state index in [0.29, 0.717) is 0 Å². The number of hydrazone groups is 2. The standard InChI is InChI=1S/C27H28N4O/c1-19-10-6-8-12-24(19)30(4)28-18-22-14-15-26-23(16-22)17-27(32-26)21(3)29-31(5)25-13-9-7-11-20(25)2/h6-18H,1-5H3. The molecule has 162 valence electrons. The topological polar surface area (TPSA) is 44.3 Å². The van der Waals surface area contributed by atoms with Crippen molar-refractivity contribution in [3.05, 3.63) is 95.2 Å². The monoisotopic (exact) mass is 424 g/mol. The normalized spacial score (nSPS) is 12.0. The molecule has 4 rings (SSSR count). The summed E-state index contributed by atoms with van der Waals surface area (Å²) in [5.74, 6) is 0.756. The molecule has 3 aromatic carbocycles. The van der Waals surface area contributed by atoms with Crippen molar-refractivity contribution >= 4 is 34.3 Å². The lowest BCUT2D eigenvalue weighted by molar-refractivity contribution is 0.603. The first-order valence-corrected chi connectivity index (χ1v) is 10.6. The predicted octanol–water partition coefficient (Wildman–Crippen LogP) is 6.38. The quantitative estimate of drug-likeness (QED) is 0.266. The highest BCUT2D eigenvalue weighted by atomic mass is 16.3. The minimum Gasteiger partial charge on any atom is -0.455 e. The highest BCUT2D eigenvalue weighted by molar-refractivity contribution is 6.01. The Kier molecular flexibility index (Phi) is 6.08. The molecule has 1 aromatic heterocycles. The molecule has 0 bridgehead atoms. The molecule has 0 saturated heterocycles. The van der Waals surface area contributed by atoms with Gasteiger partial charge in [0.15, 0.2) is 5.76 Å². The van der Waals surface area contributed by atoms with Crippen LogP contribution in [-0.2, 0) is 0 Å². The number of benzene rings is 3.